The molecule has 0 amide bonds. The van der Waals surface area contributed by atoms with Crippen LogP contribution in [0.5, 0.6) is 0 Å². The van der Waals surface area contributed by atoms with E-state index in [1.165, 1.54) is 25.7 Å². The van der Waals surface area contributed by atoms with Crippen molar-refractivity contribution in [1.29, 1.82) is 0 Å². The van der Waals surface area contributed by atoms with E-state index < -0.39 is 0 Å². The lowest BCUT2D eigenvalue weighted by molar-refractivity contribution is 0.679. The molecule has 0 saturated carbocycles. The van der Waals surface area contributed by atoms with E-state index in [1.807, 2.05) is 36.5 Å². The molecule has 0 spiro atoms. The Morgan fingerprint density at radius 2 is 1.88 bits per heavy atom. The standard InChI is InChI=1S/C16H21N/c1-2-3-4-5-6-7-11-14-17-15-16-12-9-8-10-13-16/h8-10,12-13,15H,2-6,14H2,1H3/b17-15+. The Morgan fingerprint density at radius 1 is 1.06 bits per heavy atom. The van der Waals surface area contributed by atoms with Crippen molar-refractivity contribution in [3.8, 4) is 11.8 Å². The van der Waals surface area contributed by atoms with Crippen LogP contribution in [-0.2, 0) is 0 Å². The molecule has 17 heavy (non-hydrogen) atoms. The summed E-state index contributed by atoms with van der Waals surface area (Å²) in [7, 11) is 0. The average molecular weight is 227 g/mol. The van der Waals surface area contributed by atoms with Crippen LogP contribution < -0.4 is 0 Å². The van der Waals surface area contributed by atoms with Crippen molar-refractivity contribution in [2.24, 2.45) is 4.99 Å². The van der Waals surface area contributed by atoms with Crippen molar-refractivity contribution in [2.75, 3.05) is 6.54 Å². The predicted octanol–water partition coefficient (Wildman–Crippen LogP) is 4.08. The summed E-state index contributed by atoms with van der Waals surface area (Å²) in [4.78, 5) is 4.28. The van der Waals surface area contributed by atoms with Crippen LogP contribution in [0.1, 0.15) is 44.6 Å². The van der Waals surface area contributed by atoms with Gasteiger partial charge in [0.2, 0.25) is 0 Å². The van der Waals surface area contributed by atoms with Crippen LogP contribution in [0.15, 0.2) is 35.3 Å². The van der Waals surface area contributed by atoms with Crippen molar-refractivity contribution in [1.82, 2.24) is 0 Å². The fourth-order valence-electron chi connectivity index (χ4n) is 1.52. The number of benzene rings is 1. The quantitative estimate of drug-likeness (QED) is 0.394. The lowest BCUT2D eigenvalue weighted by Crippen LogP contribution is -1.81. The van der Waals surface area contributed by atoms with Gasteiger partial charge in [-0.25, -0.2) is 0 Å². The zero-order valence-corrected chi connectivity index (χ0v) is 10.7. The molecule has 0 saturated heterocycles. The third-order valence-corrected chi connectivity index (χ3v) is 2.49. The van der Waals surface area contributed by atoms with Gasteiger partial charge in [0.05, 0.1) is 6.54 Å². The highest BCUT2D eigenvalue weighted by atomic mass is 14.7. The number of hydrogen-bond donors (Lipinski definition) is 0. The lowest BCUT2D eigenvalue weighted by atomic mass is 10.2. The van der Waals surface area contributed by atoms with E-state index in [0.29, 0.717) is 6.54 Å². The highest BCUT2D eigenvalue weighted by Gasteiger charge is 1.84. The molecule has 0 fully saturated rings. The van der Waals surface area contributed by atoms with Crippen LogP contribution in [0.3, 0.4) is 0 Å². The monoisotopic (exact) mass is 227 g/mol. The Hall–Kier alpha value is -1.55. The summed E-state index contributed by atoms with van der Waals surface area (Å²) < 4.78 is 0. The van der Waals surface area contributed by atoms with E-state index in [2.05, 4.69) is 23.8 Å². The molecule has 1 aromatic rings. The zero-order valence-electron chi connectivity index (χ0n) is 10.7. The Labute approximate surface area is 105 Å². The number of hydrogen-bond acceptors (Lipinski definition) is 1. The maximum Gasteiger partial charge on any atom is 0.0997 e. The van der Waals surface area contributed by atoms with Gasteiger partial charge in [-0.2, -0.15) is 0 Å². The summed E-state index contributed by atoms with van der Waals surface area (Å²) in [5.41, 5.74) is 1.14. The molecule has 0 aromatic heterocycles. The molecule has 0 aliphatic rings. The number of unbranched alkanes of at least 4 members (excludes halogenated alkanes) is 4. The van der Waals surface area contributed by atoms with E-state index in [-0.39, 0.29) is 0 Å². The van der Waals surface area contributed by atoms with Crippen LogP contribution in [0.4, 0.5) is 0 Å². The van der Waals surface area contributed by atoms with E-state index in [1.54, 1.807) is 0 Å². The van der Waals surface area contributed by atoms with Gasteiger partial charge in [-0.3, -0.25) is 4.99 Å². The summed E-state index contributed by atoms with van der Waals surface area (Å²) in [5.74, 6) is 6.25. The molecule has 1 rings (SSSR count). The minimum absolute atomic E-state index is 0.614. The highest BCUT2D eigenvalue weighted by molar-refractivity contribution is 5.79. The molecule has 0 heterocycles. The van der Waals surface area contributed by atoms with Crippen LogP contribution in [0.2, 0.25) is 0 Å². The summed E-state index contributed by atoms with van der Waals surface area (Å²) in [5, 5.41) is 0. The van der Waals surface area contributed by atoms with Gasteiger partial charge in [0, 0.05) is 12.6 Å². The largest absolute Gasteiger partial charge is 0.280 e. The molecule has 0 N–H and O–H groups in total. The Balaban J connectivity index is 2.11. The van der Waals surface area contributed by atoms with Gasteiger partial charge in [0.1, 0.15) is 0 Å². The fourth-order valence-corrected chi connectivity index (χ4v) is 1.52. The first kappa shape index (κ1) is 13.5. The average Bonchev–Trinajstić information content (AvgIpc) is 2.38. The van der Waals surface area contributed by atoms with E-state index in [9.17, 15) is 0 Å². The first-order valence-corrected chi connectivity index (χ1v) is 6.44. The summed E-state index contributed by atoms with van der Waals surface area (Å²) >= 11 is 0. The van der Waals surface area contributed by atoms with Crippen molar-refractivity contribution in [3.63, 3.8) is 0 Å². The minimum atomic E-state index is 0.614. The number of nitrogens with zero attached hydrogens (tertiary/aromatic N) is 1. The van der Waals surface area contributed by atoms with E-state index >= 15 is 0 Å². The second-order valence-electron chi connectivity index (χ2n) is 4.04. The second-order valence-corrected chi connectivity index (χ2v) is 4.04. The maximum atomic E-state index is 4.28. The van der Waals surface area contributed by atoms with Gasteiger partial charge in [0.25, 0.3) is 0 Å². The van der Waals surface area contributed by atoms with Gasteiger partial charge in [-0.05, 0) is 12.0 Å². The third kappa shape index (κ3) is 7.36. The normalized spacial score (nSPS) is 10.2. The number of aliphatic imine (C=N–C) groups is 1. The van der Waals surface area contributed by atoms with Gasteiger partial charge in [0.15, 0.2) is 0 Å². The SMILES string of the molecule is CCCCCCC#CC/N=C/c1ccccc1. The first-order chi connectivity index (χ1) is 8.43. The van der Waals surface area contributed by atoms with Crippen LogP contribution in [0, 0.1) is 11.8 Å². The predicted molar refractivity (Wildman–Crippen MR) is 75.4 cm³/mol. The van der Waals surface area contributed by atoms with Crippen molar-refractivity contribution < 1.29 is 0 Å². The highest BCUT2D eigenvalue weighted by Crippen LogP contribution is 2.00. The van der Waals surface area contributed by atoms with E-state index in [4.69, 9.17) is 0 Å². The Morgan fingerprint density at radius 3 is 2.65 bits per heavy atom. The second kappa shape index (κ2) is 9.66. The molecular weight excluding hydrogens is 206 g/mol. The topological polar surface area (TPSA) is 12.4 Å². The summed E-state index contributed by atoms with van der Waals surface area (Å²) in [6.45, 7) is 2.84. The van der Waals surface area contributed by atoms with Crippen LogP contribution in [0.25, 0.3) is 0 Å². The fraction of sp³-hybridized carbons (Fsp3) is 0.438. The van der Waals surface area contributed by atoms with Crippen molar-refractivity contribution >= 4 is 6.21 Å². The molecule has 1 nitrogen and oxygen atoms in total. The Bertz CT molecular complexity index is 368. The van der Waals surface area contributed by atoms with E-state index in [0.717, 1.165) is 12.0 Å². The molecule has 0 aliphatic carbocycles. The van der Waals surface area contributed by atoms with Gasteiger partial charge in [-0.1, -0.05) is 62.4 Å². The molecule has 90 valence electrons. The maximum absolute atomic E-state index is 4.28. The van der Waals surface area contributed by atoms with Gasteiger partial charge >= 0.3 is 0 Å². The molecular formula is C16H21N. The smallest absolute Gasteiger partial charge is 0.0997 e. The summed E-state index contributed by atoms with van der Waals surface area (Å²) in [6.07, 6.45) is 8.04. The molecule has 0 aliphatic heterocycles. The summed E-state index contributed by atoms with van der Waals surface area (Å²) in [6, 6.07) is 10.1. The molecule has 1 heteroatoms. The van der Waals surface area contributed by atoms with Crippen molar-refractivity contribution in [2.45, 2.75) is 39.0 Å². The van der Waals surface area contributed by atoms with Crippen LogP contribution in [-0.4, -0.2) is 12.8 Å². The minimum Gasteiger partial charge on any atom is -0.280 e. The third-order valence-electron chi connectivity index (χ3n) is 2.49. The van der Waals surface area contributed by atoms with Crippen molar-refractivity contribution in [3.05, 3.63) is 35.9 Å². The molecule has 0 radical (unpaired) electrons. The zero-order chi connectivity index (χ0) is 12.2. The first-order valence-electron chi connectivity index (χ1n) is 6.44. The lowest BCUT2D eigenvalue weighted by Gasteiger charge is -1.91. The molecule has 0 bridgehead atoms. The molecule has 0 atom stereocenters. The van der Waals surface area contributed by atoms with Gasteiger partial charge in [-0.15, -0.1) is 5.92 Å². The van der Waals surface area contributed by atoms with Gasteiger partial charge < -0.3 is 0 Å². The Kier molecular flexibility index (Phi) is 7.68. The molecule has 1 aromatic carbocycles. The number of rotatable bonds is 6. The van der Waals surface area contributed by atoms with Crippen LogP contribution >= 0.6 is 0 Å². The molecule has 0 unspecified atom stereocenters.